The van der Waals surface area contributed by atoms with Gasteiger partial charge in [0.15, 0.2) is 11.5 Å². The summed E-state index contributed by atoms with van der Waals surface area (Å²) in [6, 6.07) is 10.3. The molecule has 0 atom stereocenters. The molecule has 0 saturated heterocycles. The van der Waals surface area contributed by atoms with Crippen LogP contribution in [0.3, 0.4) is 0 Å². The number of hydrogen-bond acceptors (Lipinski definition) is 5. The Morgan fingerprint density at radius 1 is 1.15 bits per heavy atom. The van der Waals surface area contributed by atoms with E-state index in [1.807, 2.05) is 18.2 Å². The maximum Gasteiger partial charge on any atom is 0.305 e. The number of aryl methyl sites for hydroxylation is 1. The van der Waals surface area contributed by atoms with Crippen LogP contribution in [0, 0.1) is 6.92 Å². The normalized spacial score (nSPS) is 10.6. The van der Waals surface area contributed by atoms with E-state index < -0.39 is 11.8 Å². The summed E-state index contributed by atoms with van der Waals surface area (Å²) in [4.78, 5) is 28.6. The van der Waals surface area contributed by atoms with Crippen molar-refractivity contribution in [3.05, 3.63) is 58.4 Å². The van der Waals surface area contributed by atoms with E-state index in [0.29, 0.717) is 17.8 Å². The fraction of sp³-hybridized carbons (Fsp3) is 0.167. The van der Waals surface area contributed by atoms with Gasteiger partial charge in [-0.15, -0.1) is 0 Å². The fourth-order valence-corrected chi connectivity index (χ4v) is 2.62. The molecule has 2 N–H and O–H groups in total. The number of furan rings is 1. The number of pyridine rings is 1. The lowest BCUT2D eigenvalue weighted by Crippen LogP contribution is -2.42. The van der Waals surface area contributed by atoms with Crippen molar-refractivity contribution in [1.82, 2.24) is 15.8 Å². The van der Waals surface area contributed by atoms with E-state index in [1.54, 1.807) is 26.0 Å². The second-order valence-corrected chi connectivity index (χ2v) is 5.78. The predicted octanol–water partition coefficient (Wildman–Crippen LogP) is 3.26. The van der Waals surface area contributed by atoms with Crippen LogP contribution >= 0.6 is 11.6 Å². The number of halogens is 1. The monoisotopic (exact) mass is 373 g/mol. The van der Waals surface area contributed by atoms with Crippen molar-refractivity contribution < 1.29 is 18.7 Å². The van der Waals surface area contributed by atoms with Crippen LogP contribution in [0.4, 0.5) is 0 Å². The molecule has 2 amide bonds. The Bertz CT molecular complexity index is 984. The molecular weight excluding hydrogens is 358 g/mol. The minimum Gasteiger partial charge on any atom is -0.478 e. The summed E-state index contributed by atoms with van der Waals surface area (Å²) in [5.41, 5.74) is 5.80. The molecule has 1 aromatic carbocycles. The number of hydrogen-bond donors (Lipinski definition) is 2. The number of hydrazine groups is 1. The van der Waals surface area contributed by atoms with Crippen molar-refractivity contribution in [2.45, 2.75) is 13.8 Å². The third-order valence-electron chi connectivity index (χ3n) is 3.67. The zero-order chi connectivity index (χ0) is 18.7. The van der Waals surface area contributed by atoms with Crippen LogP contribution in [0.2, 0.25) is 5.02 Å². The van der Waals surface area contributed by atoms with Crippen molar-refractivity contribution >= 4 is 34.4 Å². The van der Waals surface area contributed by atoms with Gasteiger partial charge in [0.05, 0.1) is 11.6 Å². The Labute approximate surface area is 154 Å². The first kappa shape index (κ1) is 17.8. The minimum atomic E-state index is -0.668. The zero-order valence-electron chi connectivity index (χ0n) is 14.1. The molecule has 0 spiro atoms. The Kier molecular flexibility index (Phi) is 5.09. The number of aromatic nitrogens is 1. The number of rotatable bonds is 4. The van der Waals surface area contributed by atoms with Gasteiger partial charge >= 0.3 is 5.91 Å². The van der Waals surface area contributed by atoms with Gasteiger partial charge in [0.25, 0.3) is 5.91 Å². The highest BCUT2D eigenvalue weighted by Gasteiger charge is 2.19. The van der Waals surface area contributed by atoms with Gasteiger partial charge in [-0.3, -0.25) is 20.4 Å². The number of nitrogens with zero attached hydrogens (tertiary/aromatic N) is 1. The topological polar surface area (TPSA) is 93.5 Å². The van der Waals surface area contributed by atoms with Crippen molar-refractivity contribution in [2.24, 2.45) is 0 Å². The molecule has 134 valence electrons. The molecule has 0 aliphatic carbocycles. The maximum absolute atomic E-state index is 12.3. The molecular formula is C18H16ClN3O4. The van der Waals surface area contributed by atoms with E-state index in [-0.39, 0.29) is 22.4 Å². The Morgan fingerprint density at radius 3 is 2.62 bits per heavy atom. The molecule has 3 rings (SSSR count). The number of amides is 2. The average molecular weight is 374 g/mol. The van der Waals surface area contributed by atoms with Gasteiger partial charge in [0.2, 0.25) is 5.88 Å². The average Bonchev–Trinajstić information content (AvgIpc) is 2.98. The zero-order valence-corrected chi connectivity index (χ0v) is 14.9. The van der Waals surface area contributed by atoms with E-state index in [2.05, 4.69) is 15.8 Å². The minimum absolute atomic E-state index is 0.0563. The SMILES string of the molecule is CCOc1ccc(Cl)c(C(=O)NNC(=O)c2oc3ccccc3c2C)n1. The van der Waals surface area contributed by atoms with Gasteiger partial charge in [0, 0.05) is 17.0 Å². The summed E-state index contributed by atoms with van der Waals surface area (Å²) in [5, 5.41) is 0.971. The molecule has 3 aromatic rings. The fourth-order valence-electron chi connectivity index (χ4n) is 2.43. The molecule has 0 bridgehead atoms. The highest BCUT2D eigenvalue weighted by Crippen LogP contribution is 2.24. The molecule has 0 aliphatic rings. The second kappa shape index (κ2) is 7.45. The molecule has 8 heteroatoms. The number of benzene rings is 1. The van der Waals surface area contributed by atoms with E-state index in [4.69, 9.17) is 20.8 Å². The van der Waals surface area contributed by atoms with Gasteiger partial charge in [-0.2, -0.15) is 0 Å². The molecule has 0 radical (unpaired) electrons. The van der Waals surface area contributed by atoms with Crippen LogP contribution in [0.25, 0.3) is 11.0 Å². The molecule has 2 heterocycles. The Morgan fingerprint density at radius 2 is 1.88 bits per heavy atom. The number of ether oxygens (including phenoxy) is 1. The van der Waals surface area contributed by atoms with Crippen LogP contribution in [0.15, 0.2) is 40.8 Å². The summed E-state index contributed by atoms with van der Waals surface area (Å²) in [5.74, 6) is -0.863. The number of carbonyl (C=O) groups excluding carboxylic acids is 2. The molecule has 0 saturated carbocycles. The van der Waals surface area contributed by atoms with E-state index in [0.717, 1.165) is 5.39 Å². The van der Waals surface area contributed by atoms with Crippen molar-refractivity contribution in [3.8, 4) is 5.88 Å². The lowest BCUT2D eigenvalue weighted by molar-refractivity contribution is 0.0829. The predicted molar refractivity (Wildman–Crippen MR) is 96.3 cm³/mol. The van der Waals surface area contributed by atoms with Crippen molar-refractivity contribution in [1.29, 1.82) is 0 Å². The van der Waals surface area contributed by atoms with E-state index in [9.17, 15) is 9.59 Å². The van der Waals surface area contributed by atoms with Gasteiger partial charge in [0.1, 0.15) is 5.58 Å². The van der Waals surface area contributed by atoms with Crippen LogP contribution in [-0.2, 0) is 0 Å². The standard InChI is InChI=1S/C18H16ClN3O4/c1-3-25-14-9-8-12(19)15(20-14)17(23)21-22-18(24)16-10(2)11-6-4-5-7-13(11)26-16/h4-9H,3H2,1-2H3,(H,21,23)(H,22,24). The summed E-state index contributed by atoms with van der Waals surface area (Å²) in [6.07, 6.45) is 0. The van der Waals surface area contributed by atoms with Gasteiger partial charge < -0.3 is 9.15 Å². The number of fused-ring (bicyclic) bond motifs is 1. The molecule has 0 fully saturated rings. The van der Waals surface area contributed by atoms with Crippen molar-refractivity contribution in [3.63, 3.8) is 0 Å². The third-order valence-corrected chi connectivity index (χ3v) is 3.97. The molecule has 26 heavy (non-hydrogen) atoms. The van der Waals surface area contributed by atoms with Crippen LogP contribution in [0.5, 0.6) is 5.88 Å². The lowest BCUT2D eigenvalue weighted by Gasteiger charge is -2.09. The smallest absolute Gasteiger partial charge is 0.305 e. The van der Waals surface area contributed by atoms with Crippen LogP contribution in [-0.4, -0.2) is 23.4 Å². The van der Waals surface area contributed by atoms with Gasteiger partial charge in [-0.1, -0.05) is 29.8 Å². The largest absolute Gasteiger partial charge is 0.478 e. The van der Waals surface area contributed by atoms with E-state index >= 15 is 0 Å². The number of nitrogens with one attached hydrogen (secondary N) is 2. The van der Waals surface area contributed by atoms with Crippen molar-refractivity contribution in [2.75, 3.05) is 6.61 Å². The van der Waals surface area contributed by atoms with Gasteiger partial charge in [-0.25, -0.2) is 4.98 Å². The highest BCUT2D eigenvalue weighted by atomic mass is 35.5. The molecule has 0 unspecified atom stereocenters. The quantitative estimate of drug-likeness (QED) is 0.684. The lowest BCUT2D eigenvalue weighted by atomic mass is 10.1. The molecule has 7 nitrogen and oxygen atoms in total. The number of para-hydroxylation sites is 1. The summed E-state index contributed by atoms with van der Waals surface area (Å²) >= 11 is 5.99. The molecule has 0 aliphatic heterocycles. The summed E-state index contributed by atoms with van der Waals surface area (Å²) < 4.78 is 10.8. The first-order valence-corrected chi connectivity index (χ1v) is 8.27. The first-order valence-electron chi connectivity index (χ1n) is 7.89. The summed E-state index contributed by atoms with van der Waals surface area (Å²) in [6.45, 7) is 3.97. The Balaban J connectivity index is 1.74. The first-order chi connectivity index (χ1) is 12.5. The highest BCUT2D eigenvalue weighted by molar-refractivity contribution is 6.33. The van der Waals surface area contributed by atoms with Gasteiger partial charge in [-0.05, 0) is 26.0 Å². The number of carbonyl (C=O) groups is 2. The van der Waals surface area contributed by atoms with Crippen LogP contribution in [0.1, 0.15) is 33.5 Å². The third kappa shape index (κ3) is 3.48. The maximum atomic E-state index is 12.3. The second-order valence-electron chi connectivity index (χ2n) is 5.37. The summed E-state index contributed by atoms with van der Waals surface area (Å²) in [7, 11) is 0. The van der Waals surface area contributed by atoms with Crippen LogP contribution < -0.4 is 15.6 Å². The molecule has 2 aromatic heterocycles. The van der Waals surface area contributed by atoms with E-state index in [1.165, 1.54) is 6.07 Å². The Hall–Kier alpha value is -3.06.